The highest BCUT2D eigenvalue weighted by Gasteiger charge is 2.47. The largest absolute Gasteiger partial charge is 0.486 e. The van der Waals surface area contributed by atoms with Crippen molar-refractivity contribution in [2.24, 2.45) is 0 Å². The lowest BCUT2D eigenvalue weighted by atomic mass is 9.77. The fraction of sp³-hybridized carbons (Fsp3) is 0.478. The van der Waals surface area contributed by atoms with Crippen molar-refractivity contribution in [3.63, 3.8) is 0 Å². The molecule has 0 saturated heterocycles. The number of ether oxygens (including phenoxy) is 1. The third kappa shape index (κ3) is 2.38. The zero-order valence-corrected chi connectivity index (χ0v) is 16.5. The molecule has 2 aromatic carbocycles. The molecule has 1 N–H and O–H groups in total. The molecular weight excluding hydrogens is 306 g/mol. The van der Waals surface area contributed by atoms with E-state index in [1.165, 1.54) is 39.1 Å². The van der Waals surface area contributed by atoms with Crippen LogP contribution in [0.5, 0.6) is 5.75 Å². The molecule has 25 heavy (non-hydrogen) atoms. The number of nitrogens with one attached hydrogen (secondary N) is 1. The zero-order chi connectivity index (χ0) is 18.1. The van der Waals surface area contributed by atoms with Crippen LogP contribution in [-0.2, 0) is 6.42 Å². The van der Waals surface area contributed by atoms with Crippen molar-refractivity contribution < 1.29 is 4.74 Å². The minimum atomic E-state index is -0.239. The average molecular weight is 335 g/mol. The summed E-state index contributed by atoms with van der Waals surface area (Å²) in [6.07, 6.45) is 1.05. The Bertz CT molecular complexity index is 859. The molecule has 2 nitrogen and oxygen atoms in total. The molecule has 0 radical (unpaired) electrons. The van der Waals surface area contributed by atoms with E-state index in [4.69, 9.17) is 4.74 Å². The van der Waals surface area contributed by atoms with E-state index in [9.17, 15) is 0 Å². The van der Waals surface area contributed by atoms with Crippen molar-refractivity contribution in [2.45, 2.75) is 71.9 Å². The number of aryl methyl sites for hydroxylation is 1. The van der Waals surface area contributed by atoms with Gasteiger partial charge in [-0.05, 0) is 77.1 Å². The molecule has 0 bridgehead atoms. The van der Waals surface area contributed by atoms with Crippen LogP contribution in [0, 0.1) is 20.8 Å². The predicted octanol–water partition coefficient (Wildman–Crippen LogP) is 5.66. The Morgan fingerprint density at radius 3 is 2.24 bits per heavy atom. The molecule has 1 atom stereocenters. The lowest BCUT2D eigenvalue weighted by Crippen LogP contribution is -2.31. The van der Waals surface area contributed by atoms with Gasteiger partial charge in [0, 0.05) is 16.8 Å². The minimum absolute atomic E-state index is 0.0964. The van der Waals surface area contributed by atoms with Gasteiger partial charge in [0.05, 0.1) is 5.92 Å². The lowest BCUT2D eigenvalue weighted by Gasteiger charge is -2.27. The van der Waals surface area contributed by atoms with Crippen molar-refractivity contribution in [2.75, 3.05) is 5.32 Å². The summed E-state index contributed by atoms with van der Waals surface area (Å²) < 4.78 is 6.57. The van der Waals surface area contributed by atoms with Crippen LogP contribution in [0.25, 0.3) is 0 Å². The molecule has 4 rings (SSSR count). The Morgan fingerprint density at radius 1 is 0.960 bits per heavy atom. The van der Waals surface area contributed by atoms with E-state index < -0.39 is 0 Å². The fourth-order valence-electron chi connectivity index (χ4n) is 4.67. The number of hydrogen-bond acceptors (Lipinski definition) is 2. The predicted molar refractivity (Wildman–Crippen MR) is 105 cm³/mol. The molecule has 2 aliphatic heterocycles. The molecule has 0 aliphatic carbocycles. The third-order valence-electron chi connectivity index (χ3n) is 5.99. The summed E-state index contributed by atoms with van der Waals surface area (Å²) in [7, 11) is 0. The van der Waals surface area contributed by atoms with E-state index in [0.29, 0.717) is 0 Å². The van der Waals surface area contributed by atoms with Gasteiger partial charge in [0.15, 0.2) is 0 Å². The summed E-state index contributed by atoms with van der Waals surface area (Å²) in [6.45, 7) is 15.6. The van der Waals surface area contributed by atoms with Crippen LogP contribution in [-0.4, -0.2) is 11.1 Å². The summed E-state index contributed by atoms with van der Waals surface area (Å²) in [6, 6.07) is 8.98. The first kappa shape index (κ1) is 16.5. The Kier molecular flexibility index (Phi) is 3.32. The maximum absolute atomic E-state index is 6.57. The van der Waals surface area contributed by atoms with Gasteiger partial charge in [-0.1, -0.05) is 29.8 Å². The molecule has 2 heteroatoms. The SMILES string of the molecule is Cc1ccc(C2c3c4c(c(C)c(C)c3OC2(C)C)NC(C)(C)C4)cc1. The minimum Gasteiger partial charge on any atom is -0.486 e. The monoisotopic (exact) mass is 335 g/mol. The highest BCUT2D eigenvalue weighted by Crippen LogP contribution is 2.56. The second-order valence-electron chi connectivity index (χ2n) is 9.08. The Balaban J connectivity index is 1.98. The van der Waals surface area contributed by atoms with Gasteiger partial charge < -0.3 is 10.1 Å². The van der Waals surface area contributed by atoms with Gasteiger partial charge in [0.2, 0.25) is 0 Å². The smallest absolute Gasteiger partial charge is 0.127 e. The number of benzene rings is 2. The molecular formula is C23H29NO. The van der Waals surface area contributed by atoms with Gasteiger partial charge in [-0.2, -0.15) is 0 Å². The van der Waals surface area contributed by atoms with Crippen LogP contribution in [0.3, 0.4) is 0 Å². The van der Waals surface area contributed by atoms with E-state index >= 15 is 0 Å². The first-order chi connectivity index (χ1) is 11.6. The van der Waals surface area contributed by atoms with E-state index in [0.717, 1.165) is 12.2 Å². The Labute approximate surface area is 151 Å². The number of rotatable bonds is 1. The van der Waals surface area contributed by atoms with Gasteiger partial charge in [0.25, 0.3) is 0 Å². The molecule has 0 aromatic heterocycles. The van der Waals surface area contributed by atoms with Crippen LogP contribution in [0.1, 0.15) is 67.0 Å². The quantitative estimate of drug-likeness (QED) is 0.726. The summed E-state index contributed by atoms with van der Waals surface area (Å²) >= 11 is 0. The van der Waals surface area contributed by atoms with Gasteiger partial charge in [-0.25, -0.2) is 0 Å². The van der Waals surface area contributed by atoms with E-state index in [1.807, 2.05) is 0 Å². The van der Waals surface area contributed by atoms with Crippen molar-refractivity contribution in [1.82, 2.24) is 0 Å². The third-order valence-corrected chi connectivity index (χ3v) is 5.99. The molecule has 1 unspecified atom stereocenters. The maximum atomic E-state index is 6.57. The standard InChI is InChI=1S/C23H29NO/c1-13-8-10-16(11-9-13)19-18-17-12-22(4,5)24-20(17)14(2)15(3)21(18)25-23(19,6)7/h8-11,19,24H,12H2,1-7H3. The molecule has 0 fully saturated rings. The zero-order valence-electron chi connectivity index (χ0n) is 16.5. The second-order valence-corrected chi connectivity index (χ2v) is 9.08. The summed E-state index contributed by atoms with van der Waals surface area (Å²) in [5.74, 6) is 1.39. The van der Waals surface area contributed by atoms with Crippen LogP contribution in [0.2, 0.25) is 0 Å². The van der Waals surface area contributed by atoms with Gasteiger partial charge in [0.1, 0.15) is 11.4 Å². The molecule has 132 valence electrons. The van der Waals surface area contributed by atoms with E-state index in [-0.39, 0.29) is 17.1 Å². The van der Waals surface area contributed by atoms with Crippen LogP contribution >= 0.6 is 0 Å². The Hall–Kier alpha value is -1.96. The molecule has 0 spiro atoms. The van der Waals surface area contributed by atoms with Crippen molar-refractivity contribution in [3.05, 3.63) is 57.6 Å². The summed E-state index contributed by atoms with van der Waals surface area (Å²) in [4.78, 5) is 0. The van der Waals surface area contributed by atoms with Crippen LogP contribution < -0.4 is 10.1 Å². The number of hydrogen-bond donors (Lipinski definition) is 1. The second kappa shape index (κ2) is 5.03. The van der Waals surface area contributed by atoms with Crippen molar-refractivity contribution in [3.8, 4) is 5.75 Å². The van der Waals surface area contributed by atoms with Crippen molar-refractivity contribution in [1.29, 1.82) is 0 Å². The number of fused-ring (bicyclic) bond motifs is 3. The van der Waals surface area contributed by atoms with Gasteiger partial charge in [-0.3, -0.25) is 0 Å². The Morgan fingerprint density at radius 2 is 1.60 bits per heavy atom. The molecule has 0 amide bonds. The van der Waals surface area contributed by atoms with Gasteiger partial charge >= 0.3 is 0 Å². The molecule has 2 aromatic rings. The normalized spacial score (nSPS) is 22.1. The maximum Gasteiger partial charge on any atom is 0.127 e. The summed E-state index contributed by atoms with van der Waals surface area (Å²) in [5.41, 5.74) is 9.32. The van der Waals surface area contributed by atoms with Crippen molar-refractivity contribution >= 4 is 5.69 Å². The number of anilines is 1. The topological polar surface area (TPSA) is 21.3 Å². The van der Waals surface area contributed by atoms with E-state index in [2.05, 4.69) is 78.0 Å². The fourth-order valence-corrected chi connectivity index (χ4v) is 4.67. The average Bonchev–Trinajstić information content (AvgIpc) is 2.99. The summed E-state index contributed by atoms with van der Waals surface area (Å²) in [5, 5.41) is 3.77. The van der Waals surface area contributed by atoms with Crippen LogP contribution in [0.4, 0.5) is 5.69 Å². The molecule has 0 saturated carbocycles. The highest BCUT2D eigenvalue weighted by atomic mass is 16.5. The molecule has 2 aliphatic rings. The van der Waals surface area contributed by atoms with Crippen LogP contribution in [0.15, 0.2) is 24.3 Å². The van der Waals surface area contributed by atoms with E-state index in [1.54, 1.807) is 0 Å². The highest BCUT2D eigenvalue weighted by molar-refractivity contribution is 5.74. The van der Waals surface area contributed by atoms with Gasteiger partial charge in [-0.15, -0.1) is 0 Å². The first-order valence-corrected chi connectivity index (χ1v) is 9.30. The molecule has 2 heterocycles. The first-order valence-electron chi connectivity index (χ1n) is 9.30. The lowest BCUT2D eigenvalue weighted by molar-refractivity contribution is 0.121.